The molecular formula is C24H28FN5O2. The number of amides is 2. The fourth-order valence-electron chi connectivity index (χ4n) is 3.97. The third-order valence-electron chi connectivity index (χ3n) is 5.76. The van der Waals surface area contributed by atoms with Gasteiger partial charge in [-0.3, -0.25) is 4.98 Å². The molecule has 0 spiro atoms. The average molecular weight is 438 g/mol. The first-order chi connectivity index (χ1) is 15.4. The van der Waals surface area contributed by atoms with Crippen LogP contribution in [0.1, 0.15) is 30.5 Å². The maximum atomic E-state index is 14.6. The van der Waals surface area contributed by atoms with Crippen LogP contribution in [0, 0.1) is 19.7 Å². The summed E-state index contributed by atoms with van der Waals surface area (Å²) in [5.74, 6) is 0.258. The maximum Gasteiger partial charge on any atom is 0.319 e. The van der Waals surface area contributed by atoms with Crippen molar-refractivity contribution in [3.05, 3.63) is 47.5 Å². The van der Waals surface area contributed by atoms with Gasteiger partial charge in [-0.1, -0.05) is 0 Å². The van der Waals surface area contributed by atoms with E-state index in [1.807, 2.05) is 33.0 Å². The van der Waals surface area contributed by atoms with E-state index < -0.39 is 11.8 Å². The summed E-state index contributed by atoms with van der Waals surface area (Å²) in [5.41, 5.74) is 4.19. The van der Waals surface area contributed by atoms with E-state index in [0.29, 0.717) is 6.54 Å². The lowest BCUT2D eigenvalue weighted by Crippen LogP contribution is -2.37. The number of fused-ring (bicyclic) bond motifs is 1. The smallest absolute Gasteiger partial charge is 0.319 e. The summed E-state index contributed by atoms with van der Waals surface area (Å²) in [7, 11) is 1.81. The Bertz CT molecular complexity index is 1140. The molecule has 32 heavy (non-hydrogen) atoms. The first kappa shape index (κ1) is 22.0. The Balaban J connectivity index is 1.58. The zero-order valence-electron chi connectivity index (χ0n) is 18.6. The first-order valence-electron chi connectivity index (χ1n) is 10.9. The molecule has 1 atom stereocenters. The van der Waals surface area contributed by atoms with Gasteiger partial charge in [0.25, 0.3) is 0 Å². The van der Waals surface area contributed by atoms with Gasteiger partial charge in [0.2, 0.25) is 0 Å². The maximum absolute atomic E-state index is 14.6. The molecule has 3 aromatic rings. The van der Waals surface area contributed by atoms with Crippen LogP contribution < -0.4 is 16.0 Å². The number of halogens is 1. The largest absolute Gasteiger partial charge is 0.376 e. The number of aromatic nitrogens is 2. The Morgan fingerprint density at radius 2 is 2.03 bits per heavy atom. The number of hydrogen-bond donors (Lipinski definition) is 3. The van der Waals surface area contributed by atoms with Gasteiger partial charge in [-0.25, -0.2) is 14.2 Å². The van der Waals surface area contributed by atoms with Crippen LogP contribution in [0.2, 0.25) is 0 Å². The molecule has 1 aliphatic rings. The van der Waals surface area contributed by atoms with Gasteiger partial charge in [-0.05, 0) is 62.4 Å². The molecule has 2 aromatic heterocycles. The van der Waals surface area contributed by atoms with Crippen LogP contribution in [-0.4, -0.2) is 42.3 Å². The van der Waals surface area contributed by atoms with Crippen LogP contribution in [0.3, 0.4) is 0 Å². The highest BCUT2D eigenvalue weighted by molar-refractivity contribution is 5.92. The van der Waals surface area contributed by atoms with Crippen molar-refractivity contribution < 1.29 is 13.9 Å². The Morgan fingerprint density at radius 3 is 2.78 bits per heavy atom. The number of pyridine rings is 2. The van der Waals surface area contributed by atoms with Crippen molar-refractivity contribution in [1.82, 2.24) is 15.3 Å². The minimum absolute atomic E-state index is 0.0104. The summed E-state index contributed by atoms with van der Waals surface area (Å²) in [6.07, 6.45) is 4.83. The van der Waals surface area contributed by atoms with Crippen LogP contribution >= 0.6 is 0 Å². The molecule has 168 valence electrons. The Morgan fingerprint density at radius 1 is 1.19 bits per heavy atom. The van der Waals surface area contributed by atoms with Crippen LogP contribution in [-0.2, 0) is 4.74 Å². The monoisotopic (exact) mass is 437 g/mol. The van der Waals surface area contributed by atoms with Gasteiger partial charge in [0, 0.05) is 49.1 Å². The van der Waals surface area contributed by atoms with Crippen LogP contribution in [0.4, 0.5) is 20.7 Å². The van der Waals surface area contributed by atoms with Gasteiger partial charge in [0.05, 0.1) is 17.3 Å². The van der Waals surface area contributed by atoms with Crippen molar-refractivity contribution in [3.63, 3.8) is 0 Å². The van der Waals surface area contributed by atoms with E-state index in [1.54, 1.807) is 12.3 Å². The Hall–Kier alpha value is -3.26. The number of ether oxygens (including phenoxy) is 1. The number of nitrogens with one attached hydrogen (secondary N) is 3. The van der Waals surface area contributed by atoms with Gasteiger partial charge in [0.1, 0.15) is 11.6 Å². The van der Waals surface area contributed by atoms with Crippen molar-refractivity contribution in [2.75, 3.05) is 30.8 Å². The lowest BCUT2D eigenvalue weighted by molar-refractivity contribution is 0.0187. The lowest BCUT2D eigenvalue weighted by Gasteiger charge is -2.22. The highest BCUT2D eigenvalue weighted by Gasteiger charge is 2.17. The third-order valence-corrected chi connectivity index (χ3v) is 5.76. The Kier molecular flexibility index (Phi) is 6.50. The summed E-state index contributed by atoms with van der Waals surface area (Å²) in [4.78, 5) is 21.4. The molecule has 7 nitrogen and oxygen atoms in total. The van der Waals surface area contributed by atoms with E-state index >= 15 is 0 Å². The summed E-state index contributed by atoms with van der Waals surface area (Å²) in [6, 6.07) is 6.52. The molecule has 0 bridgehead atoms. The number of benzene rings is 1. The van der Waals surface area contributed by atoms with Crippen molar-refractivity contribution in [3.8, 4) is 11.1 Å². The normalized spacial score (nSPS) is 16.1. The Labute approximate surface area is 186 Å². The highest BCUT2D eigenvalue weighted by atomic mass is 19.1. The van der Waals surface area contributed by atoms with Gasteiger partial charge >= 0.3 is 6.03 Å². The zero-order valence-corrected chi connectivity index (χ0v) is 18.6. The second-order valence-corrected chi connectivity index (χ2v) is 8.10. The number of carbonyl (C=O) groups excluding carboxylic acids is 1. The number of rotatable bonds is 5. The van der Waals surface area contributed by atoms with Gasteiger partial charge in [-0.15, -0.1) is 0 Å². The van der Waals surface area contributed by atoms with Crippen molar-refractivity contribution in [2.24, 2.45) is 0 Å². The van der Waals surface area contributed by atoms with Crippen LogP contribution in [0.15, 0.2) is 30.5 Å². The fraction of sp³-hybridized carbons (Fsp3) is 0.375. The molecule has 1 saturated heterocycles. The molecule has 2 amide bonds. The average Bonchev–Trinajstić information content (AvgIpc) is 2.79. The summed E-state index contributed by atoms with van der Waals surface area (Å²) < 4.78 is 20.3. The van der Waals surface area contributed by atoms with E-state index in [4.69, 9.17) is 9.72 Å². The number of carbonyl (C=O) groups is 1. The van der Waals surface area contributed by atoms with E-state index in [-0.39, 0.29) is 11.8 Å². The number of aryl methyl sites for hydroxylation is 2. The standard InChI is InChI=1S/C24H28FN5O2/c1-14-8-20(25)22(30-24(31)28-13-17-6-4-5-7-32-17)10-18(14)19-9-16-12-27-23(26-3)11-21(16)29-15(19)2/h8-12,17H,4-7,13H2,1-3H3,(H,26,27)(H2,28,30,31). The predicted molar refractivity (Wildman–Crippen MR) is 125 cm³/mol. The fourth-order valence-corrected chi connectivity index (χ4v) is 3.97. The SMILES string of the molecule is CNc1cc2nc(C)c(-c3cc(NC(=O)NCC4CCCCO4)c(F)cc3C)cc2cn1. The first-order valence-corrected chi connectivity index (χ1v) is 10.9. The molecule has 1 fully saturated rings. The molecule has 0 saturated carbocycles. The van der Waals surface area contributed by atoms with Gasteiger partial charge < -0.3 is 20.7 Å². The number of hydrogen-bond acceptors (Lipinski definition) is 5. The number of urea groups is 1. The van der Waals surface area contributed by atoms with E-state index in [2.05, 4.69) is 20.9 Å². The third kappa shape index (κ3) is 4.80. The molecule has 0 radical (unpaired) electrons. The van der Waals surface area contributed by atoms with E-state index in [0.717, 1.165) is 65.0 Å². The predicted octanol–water partition coefficient (Wildman–Crippen LogP) is 4.79. The number of nitrogens with zero attached hydrogens (tertiary/aromatic N) is 2. The topological polar surface area (TPSA) is 88.2 Å². The van der Waals surface area contributed by atoms with E-state index in [9.17, 15) is 9.18 Å². The van der Waals surface area contributed by atoms with Crippen LogP contribution in [0.5, 0.6) is 0 Å². The lowest BCUT2D eigenvalue weighted by atomic mass is 9.97. The van der Waals surface area contributed by atoms with Crippen molar-refractivity contribution in [1.29, 1.82) is 0 Å². The summed E-state index contributed by atoms with van der Waals surface area (Å²) in [5, 5.41) is 9.31. The van der Waals surface area contributed by atoms with Crippen LogP contribution in [0.25, 0.3) is 22.0 Å². The summed E-state index contributed by atoms with van der Waals surface area (Å²) in [6.45, 7) is 4.88. The molecule has 1 unspecified atom stereocenters. The van der Waals surface area contributed by atoms with Crippen molar-refractivity contribution in [2.45, 2.75) is 39.2 Å². The molecule has 1 aromatic carbocycles. The molecule has 8 heteroatoms. The van der Waals surface area contributed by atoms with E-state index in [1.165, 1.54) is 6.07 Å². The second-order valence-electron chi connectivity index (χ2n) is 8.10. The summed E-state index contributed by atoms with van der Waals surface area (Å²) >= 11 is 0. The second kappa shape index (κ2) is 9.48. The highest BCUT2D eigenvalue weighted by Crippen LogP contribution is 2.32. The number of anilines is 2. The molecule has 3 heterocycles. The zero-order chi connectivity index (χ0) is 22.7. The van der Waals surface area contributed by atoms with Gasteiger partial charge in [0.15, 0.2) is 0 Å². The minimum atomic E-state index is -0.484. The molecular weight excluding hydrogens is 409 g/mol. The minimum Gasteiger partial charge on any atom is -0.376 e. The van der Waals surface area contributed by atoms with Crippen molar-refractivity contribution >= 4 is 28.4 Å². The molecule has 1 aliphatic heterocycles. The molecule has 0 aliphatic carbocycles. The molecule has 3 N–H and O–H groups in total. The molecule has 4 rings (SSSR count). The quantitative estimate of drug-likeness (QED) is 0.534. The van der Waals surface area contributed by atoms with Gasteiger partial charge in [-0.2, -0.15) is 0 Å².